The molecule has 0 bridgehead atoms. The molecule has 0 aliphatic heterocycles. The second-order valence-electron chi connectivity index (χ2n) is 4.35. The molecule has 3 rings (SSSR count). The summed E-state index contributed by atoms with van der Waals surface area (Å²) in [5, 5.41) is 2.38. The van der Waals surface area contributed by atoms with Gasteiger partial charge in [0, 0.05) is 17.5 Å². The molecule has 2 nitrogen and oxygen atoms in total. The van der Waals surface area contributed by atoms with E-state index >= 15 is 0 Å². The van der Waals surface area contributed by atoms with Gasteiger partial charge < -0.3 is 0 Å². The van der Waals surface area contributed by atoms with E-state index in [1.54, 1.807) is 0 Å². The average molecular weight is 211 g/mol. The highest BCUT2D eigenvalue weighted by Gasteiger charge is 2.21. The topological polar surface area (TPSA) is 30.0 Å². The van der Waals surface area contributed by atoms with Gasteiger partial charge in [0.2, 0.25) is 0 Å². The number of carbonyl (C=O) groups excluding carboxylic acids is 1. The van der Waals surface area contributed by atoms with Crippen molar-refractivity contribution >= 4 is 16.6 Å². The molecule has 0 saturated carbocycles. The first-order valence-electron chi connectivity index (χ1n) is 5.69. The molecule has 0 N–H and O–H groups in total. The molecular formula is C14H13NO. The first-order chi connectivity index (χ1) is 7.77. The largest absolute Gasteiger partial charge is 0.292 e. The Hall–Kier alpha value is -1.70. The SMILES string of the molecule is Cc1nc2c(c3ccccc13)CCCC2=O. The first kappa shape index (κ1) is 9.52. The molecule has 1 aliphatic carbocycles. The maximum atomic E-state index is 11.8. The van der Waals surface area contributed by atoms with Crippen LogP contribution in [-0.4, -0.2) is 10.8 Å². The third kappa shape index (κ3) is 1.26. The molecule has 1 heterocycles. The summed E-state index contributed by atoms with van der Waals surface area (Å²) in [6.45, 7) is 1.98. The Balaban J connectivity index is 2.43. The average Bonchev–Trinajstić information content (AvgIpc) is 2.31. The van der Waals surface area contributed by atoms with Gasteiger partial charge in [-0.05, 0) is 30.7 Å². The Morgan fingerprint density at radius 2 is 1.88 bits per heavy atom. The van der Waals surface area contributed by atoms with Gasteiger partial charge >= 0.3 is 0 Å². The molecule has 2 aromatic rings. The summed E-state index contributed by atoms with van der Waals surface area (Å²) in [4.78, 5) is 16.3. The Labute approximate surface area is 94.3 Å². The van der Waals surface area contributed by atoms with Crippen LogP contribution in [0.15, 0.2) is 24.3 Å². The van der Waals surface area contributed by atoms with Gasteiger partial charge in [-0.15, -0.1) is 0 Å². The van der Waals surface area contributed by atoms with Crippen LogP contribution in [0.1, 0.15) is 34.6 Å². The molecule has 80 valence electrons. The Kier molecular flexibility index (Phi) is 2.03. The summed E-state index contributed by atoms with van der Waals surface area (Å²) in [7, 11) is 0. The smallest absolute Gasteiger partial charge is 0.181 e. The van der Waals surface area contributed by atoms with Gasteiger partial charge in [0.1, 0.15) is 5.69 Å². The normalized spacial score (nSPS) is 15.2. The molecule has 1 aromatic carbocycles. The van der Waals surface area contributed by atoms with Gasteiger partial charge in [-0.1, -0.05) is 24.3 Å². The molecule has 0 radical (unpaired) electrons. The second-order valence-corrected chi connectivity index (χ2v) is 4.35. The molecule has 0 fully saturated rings. The van der Waals surface area contributed by atoms with Crippen molar-refractivity contribution in [1.29, 1.82) is 0 Å². The number of carbonyl (C=O) groups is 1. The monoisotopic (exact) mass is 211 g/mol. The number of aromatic nitrogens is 1. The van der Waals surface area contributed by atoms with Gasteiger partial charge in [0.05, 0.1) is 0 Å². The summed E-state index contributed by atoms with van der Waals surface area (Å²) in [6, 6.07) is 8.23. The maximum Gasteiger partial charge on any atom is 0.181 e. The molecule has 1 aliphatic rings. The van der Waals surface area contributed by atoms with Crippen LogP contribution >= 0.6 is 0 Å². The molecule has 0 amide bonds. The third-order valence-corrected chi connectivity index (χ3v) is 3.30. The molecule has 0 spiro atoms. The Bertz CT molecular complexity index is 587. The van der Waals surface area contributed by atoms with Crippen LogP contribution in [0.4, 0.5) is 0 Å². The highest BCUT2D eigenvalue weighted by molar-refractivity contribution is 6.02. The molecule has 16 heavy (non-hydrogen) atoms. The fourth-order valence-corrected chi connectivity index (χ4v) is 2.51. The molecule has 1 aromatic heterocycles. The number of benzene rings is 1. The van der Waals surface area contributed by atoms with Crippen molar-refractivity contribution in [2.24, 2.45) is 0 Å². The quantitative estimate of drug-likeness (QED) is 0.670. The van der Waals surface area contributed by atoms with E-state index in [-0.39, 0.29) is 5.78 Å². The summed E-state index contributed by atoms with van der Waals surface area (Å²) in [6.07, 6.45) is 2.59. The zero-order chi connectivity index (χ0) is 11.1. The molecular weight excluding hydrogens is 198 g/mol. The van der Waals surface area contributed by atoms with Crippen LogP contribution in [0.2, 0.25) is 0 Å². The molecule has 0 atom stereocenters. The van der Waals surface area contributed by atoms with Gasteiger partial charge in [0.25, 0.3) is 0 Å². The van der Waals surface area contributed by atoms with Gasteiger partial charge in [-0.25, -0.2) is 4.98 Å². The summed E-state index contributed by atoms with van der Waals surface area (Å²) in [5.74, 6) is 0.204. The number of rotatable bonds is 0. The number of fused-ring (bicyclic) bond motifs is 3. The highest BCUT2D eigenvalue weighted by Crippen LogP contribution is 2.28. The van der Waals surface area contributed by atoms with Gasteiger partial charge in [-0.2, -0.15) is 0 Å². The van der Waals surface area contributed by atoms with E-state index in [0.29, 0.717) is 12.1 Å². The van der Waals surface area contributed by atoms with Crippen molar-refractivity contribution in [3.05, 3.63) is 41.2 Å². The van der Waals surface area contributed by atoms with E-state index in [4.69, 9.17) is 0 Å². The summed E-state index contributed by atoms with van der Waals surface area (Å²) >= 11 is 0. The van der Waals surface area contributed by atoms with Crippen LogP contribution < -0.4 is 0 Å². The van der Waals surface area contributed by atoms with Gasteiger partial charge in [0.15, 0.2) is 5.78 Å². The molecule has 2 heteroatoms. The fraction of sp³-hybridized carbons (Fsp3) is 0.286. The van der Waals surface area contributed by atoms with E-state index in [2.05, 4.69) is 17.1 Å². The van der Waals surface area contributed by atoms with Crippen molar-refractivity contribution in [3.63, 3.8) is 0 Å². The van der Waals surface area contributed by atoms with Crippen LogP contribution in [0.3, 0.4) is 0 Å². The third-order valence-electron chi connectivity index (χ3n) is 3.30. The summed E-state index contributed by atoms with van der Waals surface area (Å²) in [5.41, 5.74) is 2.82. The first-order valence-corrected chi connectivity index (χ1v) is 5.69. The fourth-order valence-electron chi connectivity index (χ4n) is 2.51. The zero-order valence-electron chi connectivity index (χ0n) is 9.29. The van der Waals surface area contributed by atoms with E-state index in [9.17, 15) is 4.79 Å². The van der Waals surface area contributed by atoms with Crippen LogP contribution in [-0.2, 0) is 6.42 Å². The van der Waals surface area contributed by atoms with Crippen molar-refractivity contribution in [3.8, 4) is 0 Å². The van der Waals surface area contributed by atoms with Crippen molar-refractivity contribution < 1.29 is 4.79 Å². The van der Waals surface area contributed by atoms with E-state index < -0.39 is 0 Å². The number of hydrogen-bond donors (Lipinski definition) is 0. The van der Waals surface area contributed by atoms with E-state index in [1.807, 2.05) is 19.1 Å². The minimum absolute atomic E-state index is 0.204. The highest BCUT2D eigenvalue weighted by atomic mass is 16.1. The van der Waals surface area contributed by atoms with Crippen molar-refractivity contribution in [2.45, 2.75) is 26.2 Å². The minimum atomic E-state index is 0.204. The standard InChI is InChI=1S/C14H13NO/c1-9-10-5-2-3-6-11(10)12-7-4-8-13(16)14(12)15-9/h2-3,5-6H,4,7-8H2,1H3. The number of Topliss-reactive ketones (excluding diaryl/α,β-unsaturated/α-hetero) is 1. The lowest BCUT2D eigenvalue weighted by atomic mass is 9.90. The number of hydrogen-bond acceptors (Lipinski definition) is 2. The number of nitrogens with zero attached hydrogens (tertiary/aromatic N) is 1. The lowest BCUT2D eigenvalue weighted by molar-refractivity contribution is 0.0967. The van der Waals surface area contributed by atoms with E-state index in [0.717, 1.165) is 24.1 Å². The van der Waals surface area contributed by atoms with Gasteiger partial charge in [-0.3, -0.25) is 4.79 Å². The van der Waals surface area contributed by atoms with Crippen LogP contribution in [0.25, 0.3) is 10.8 Å². The minimum Gasteiger partial charge on any atom is -0.292 e. The van der Waals surface area contributed by atoms with Crippen molar-refractivity contribution in [2.75, 3.05) is 0 Å². The Morgan fingerprint density at radius 1 is 1.12 bits per heavy atom. The summed E-state index contributed by atoms with van der Waals surface area (Å²) < 4.78 is 0. The number of pyridine rings is 1. The van der Waals surface area contributed by atoms with E-state index in [1.165, 1.54) is 10.8 Å². The molecule has 0 unspecified atom stereocenters. The lowest BCUT2D eigenvalue weighted by Gasteiger charge is -2.17. The van der Waals surface area contributed by atoms with Crippen LogP contribution in [0, 0.1) is 6.92 Å². The maximum absolute atomic E-state index is 11.8. The van der Waals surface area contributed by atoms with Crippen LogP contribution in [0.5, 0.6) is 0 Å². The lowest BCUT2D eigenvalue weighted by Crippen LogP contribution is -2.14. The second kappa shape index (κ2) is 3.41. The Morgan fingerprint density at radius 3 is 2.69 bits per heavy atom. The predicted octanol–water partition coefficient (Wildman–Crippen LogP) is 3.06. The number of aryl methyl sites for hydroxylation is 2. The zero-order valence-corrected chi connectivity index (χ0v) is 9.29. The predicted molar refractivity (Wildman–Crippen MR) is 63.7 cm³/mol. The van der Waals surface area contributed by atoms with Crippen molar-refractivity contribution in [1.82, 2.24) is 4.98 Å². The molecule has 0 saturated heterocycles. The number of ketones is 1.